The van der Waals surface area contributed by atoms with Crippen molar-refractivity contribution < 1.29 is 10.2 Å². The number of nitrogens with one attached hydrogen (secondary N) is 1. The number of hydrogen-bond donors (Lipinski definition) is 3. The number of aryl methyl sites for hydroxylation is 1. The highest BCUT2D eigenvalue weighted by atomic mass is 16.3. The fraction of sp³-hybridized carbons (Fsp3) is 0.600. The Bertz CT molecular complexity index is 324. The molecule has 0 aliphatic carbocycles. The van der Waals surface area contributed by atoms with Crippen LogP contribution in [0.5, 0.6) is 5.75 Å². The van der Waals surface area contributed by atoms with Crippen LogP contribution >= 0.6 is 0 Å². The molecule has 102 valence electrons. The minimum absolute atomic E-state index is 0.272. The Balaban J connectivity index is 2.24. The van der Waals surface area contributed by atoms with Crippen molar-refractivity contribution in [3.8, 4) is 5.75 Å². The zero-order valence-corrected chi connectivity index (χ0v) is 11.4. The Morgan fingerprint density at radius 1 is 1.06 bits per heavy atom. The number of rotatable bonds is 8. The van der Waals surface area contributed by atoms with E-state index in [4.69, 9.17) is 5.11 Å². The van der Waals surface area contributed by atoms with E-state index in [0.29, 0.717) is 17.8 Å². The maximum Gasteiger partial charge on any atom is 0.115 e. The van der Waals surface area contributed by atoms with Gasteiger partial charge in [-0.2, -0.15) is 0 Å². The van der Waals surface area contributed by atoms with Gasteiger partial charge in [-0.1, -0.05) is 12.1 Å². The summed E-state index contributed by atoms with van der Waals surface area (Å²) in [4.78, 5) is 0. The lowest BCUT2D eigenvalue weighted by molar-refractivity contribution is 0.273. The number of benzene rings is 1. The topological polar surface area (TPSA) is 52.5 Å². The van der Waals surface area contributed by atoms with E-state index >= 15 is 0 Å². The molecule has 18 heavy (non-hydrogen) atoms. The second-order valence-electron chi connectivity index (χ2n) is 5.04. The van der Waals surface area contributed by atoms with Crippen LogP contribution in [0.2, 0.25) is 0 Å². The molecule has 0 fully saturated rings. The van der Waals surface area contributed by atoms with Gasteiger partial charge in [0.15, 0.2) is 0 Å². The van der Waals surface area contributed by atoms with Gasteiger partial charge in [0.1, 0.15) is 5.75 Å². The smallest absolute Gasteiger partial charge is 0.115 e. The van der Waals surface area contributed by atoms with Gasteiger partial charge in [0.2, 0.25) is 0 Å². The molecule has 0 radical (unpaired) electrons. The summed E-state index contributed by atoms with van der Waals surface area (Å²) >= 11 is 0. The zero-order valence-electron chi connectivity index (χ0n) is 11.4. The van der Waals surface area contributed by atoms with Crippen molar-refractivity contribution >= 4 is 0 Å². The molecule has 1 rings (SSSR count). The lowest BCUT2D eigenvalue weighted by Crippen LogP contribution is -2.34. The highest BCUT2D eigenvalue weighted by Gasteiger charge is 2.07. The van der Waals surface area contributed by atoms with Gasteiger partial charge in [0.25, 0.3) is 0 Å². The molecule has 0 spiro atoms. The second-order valence-corrected chi connectivity index (χ2v) is 5.04. The predicted molar refractivity (Wildman–Crippen MR) is 74.8 cm³/mol. The van der Waals surface area contributed by atoms with Crippen LogP contribution in [0.15, 0.2) is 24.3 Å². The van der Waals surface area contributed by atoms with Crippen LogP contribution < -0.4 is 5.32 Å². The van der Waals surface area contributed by atoms with Gasteiger partial charge in [-0.15, -0.1) is 0 Å². The van der Waals surface area contributed by atoms with Gasteiger partial charge in [-0.3, -0.25) is 0 Å². The molecular formula is C15H25NO2. The van der Waals surface area contributed by atoms with Crippen LogP contribution in [0.1, 0.15) is 38.7 Å². The standard InChI is InChI=1S/C15H25NO2/c1-12(4-3-11-17)16-13(2)5-6-14-7-9-15(18)10-8-14/h7-10,12-13,16-18H,3-6,11H2,1-2H3. The van der Waals surface area contributed by atoms with E-state index in [1.54, 1.807) is 12.1 Å². The molecule has 3 heteroatoms. The van der Waals surface area contributed by atoms with E-state index < -0.39 is 0 Å². The summed E-state index contributed by atoms with van der Waals surface area (Å²) in [6, 6.07) is 8.32. The van der Waals surface area contributed by atoms with Crippen molar-refractivity contribution in [2.75, 3.05) is 6.61 Å². The monoisotopic (exact) mass is 251 g/mol. The third-order valence-corrected chi connectivity index (χ3v) is 3.17. The zero-order chi connectivity index (χ0) is 13.4. The summed E-state index contributed by atoms with van der Waals surface area (Å²) in [7, 11) is 0. The number of aliphatic hydroxyl groups excluding tert-OH is 1. The molecule has 0 saturated heterocycles. The Labute approximate surface area is 110 Å². The summed E-state index contributed by atoms with van der Waals surface area (Å²) < 4.78 is 0. The number of aromatic hydroxyl groups is 1. The fourth-order valence-electron chi connectivity index (χ4n) is 2.10. The average molecular weight is 251 g/mol. The van der Waals surface area contributed by atoms with Crippen LogP contribution in [0.4, 0.5) is 0 Å². The van der Waals surface area contributed by atoms with Crippen LogP contribution in [0.25, 0.3) is 0 Å². The number of hydrogen-bond acceptors (Lipinski definition) is 3. The van der Waals surface area contributed by atoms with Gasteiger partial charge in [0, 0.05) is 18.7 Å². The molecule has 0 bridgehead atoms. The molecule has 1 aromatic rings. The minimum atomic E-state index is 0.272. The maximum absolute atomic E-state index is 9.20. The largest absolute Gasteiger partial charge is 0.508 e. The summed E-state index contributed by atoms with van der Waals surface area (Å²) in [5.41, 5.74) is 1.25. The SMILES string of the molecule is CC(CCCO)NC(C)CCc1ccc(O)cc1. The number of phenols is 1. The molecule has 2 unspecified atom stereocenters. The Morgan fingerprint density at radius 2 is 1.67 bits per heavy atom. The first-order valence-corrected chi connectivity index (χ1v) is 6.76. The van der Waals surface area contributed by atoms with Crippen molar-refractivity contribution in [3.05, 3.63) is 29.8 Å². The van der Waals surface area contributed by atoms with Crippen LogP contribution in [-0.2, 0) is 6.42 Å². The maximum atomic E-state index is 9.20. The Morgan fingerprint density at radius 3 is 2.28 bits per heavy atom. The molecule has 1 aromatic carbocycles. The van der Waals surface area contributed by atoms with Crippen molar-refractivity contribution in [3.63, 3.8) is 0 Å². The third-order valence-electron chi connectivity index (χ3n) is 3.17. The highest BCUT2D eigenvalue weighted by Crippen LogP contribution is 2.12. The third kappa shape index (κ3) is 6.03. The molecule has 0 aliphatic heterocycles. The average Bonchev–Trinajstić information content (AvgIpc) is 2.35. The van der Waals surface area contributed by atoms with Gasteiger partial charge < -0.3 is 15.5 Å². The van der Waals surface area contributed by atoms with E-state index in [0.717, 1.165) is 25.7 Å². The van der Waals surface area contributed by atoms with Gasteiger partial charge in [0.05, 0.1) is 0 Å². The lowest BCUT2D eigenvalue weighted by atomic mass is 10.0. The van der Waals surface area contributed by atoms with E-state index in [2.05, 4.69) is 19.2 Å². The molecule has 0 amide bonds. The molecule has 0 heterocycles. The number of phenolic OH excluding ortho intramolecular Hbond substituents is 1. The quantitative estimate of drug-likeness (QED) is 0.665. The highest BCUT2D eigenvalue weighted by molar-refractivity contribution is 5.25. The van der Waals surface area contributed by atoms with Gasteiger partial charge in [-0.05, 0) is 57.2 Å². The molecule has 2 atom stereocenters. The number of aliphatic hydroxyl groups is 1. The van der Waals surface area contributed by atoms with E-state index in [1.807, 2.05) is 12.1 Å². The molecule has 3 nitrogen and oxygen atoms in total. The van der Waals surface area contributed by atoms with Crippen LogP contribution in [0.3, 0.4) is 0 Å². The molecule has 0 aromatic heterocycles. The van der Waals surface area contributed by atoms with Crippen molar-refractivity contribution in [2.24, 2.45) is 0 Å². The van der Waals surface area contributed by atoms with E-state index in [9.17, 15) is 5.11 Å². The summed E-state index contributed by atoms with van der Waals surface area (Å²) in [6.45, 7) is 4.62. The van der Waals surface area contributed by atoms with Crippen LogP contribution in [-0.4, -0.2) is 28.9 Å². The predicted octanol–water partition coefficient (Wildman–Crippen LogP) is 2.46. The molecule has 0 aliphatic rings. The van der Waals surface area contributed by atoms with Crippen molar-refractivity contribution in [1.82, 2.24) is 5.32 Å². The lowest BCUT2D eigenvalue weighted by Gasteiger charge is -2.19. The van der Waals surface area contributed by atoms with Crippen molar-refractivity contribution in [2.45, 2.75) is 51.6 Å². The Kier molecular flexibility index (Phi) is 6.76. The van der Waals surface area contributed by atoms with E-state index in [-0.39, 0.29) is 6.61 Å². The normalized spacial score (nSPS) is 14.4. The molecular weight excluding hydrogens is 226 g/mol. The first-order chi connectivity index (χ1) is 8.61. The summed E-state index contributed by atoms with van der Waals surface area (Å²) in [5, 5.41) is 21.5. The van der Waals surface area contributed by atoms with Gasteiger partial charge in [-0.25, -0.2) is 0 Å². The van der Waals surface area contributed by atoms with Crippen LogP contribution in [0, 0.1) is 0 Å². The Hall–Kier alpha value is -1.06. The molecule has 3 N–H and O–H groups in total. The minimum Gasteiger partial charge on any atom is -0.508 e. The first kappa shape index (κ1) is 15.0. The fourth-order valence-corrected chi connectivity index (χ4v) is 2.10. The second kappa shape index (κ2) is 8.11. The summed E-state index contributed by atoms with van der Waals surface area (Å²) in [5.74, 6) is 0.322. The van der Waals surface area contributed by atoms with E-state index in [1.165, 1.54) is 5.56 Å². The summed E-state index contributed by atoms with van der Waals surface area (Å²) in [6.07, 6.45) is 3.97. The molecule has 0 saturated carbocycles. The first-order valence-electron chi connectivity index (χ1n) is 6.76. The van der Waals surface area contributed by atoms with Crippen molar-refractivity contribution in [1.29, 1.82) is 0 Å². The van der Waals surface area contributed by atoms with Gasteiger partial charge >= 0.3 is 0 Å².